The number of pyridine rings is 1. The lowest BCUT2D eigenvalue weighted by Crippen LogP contribution is -1.88. The van der Waals surface area contributed by atoms with E-state index in [4.69, 9.17) is 0 Å². The van der Waals surface area contributed by atoms with Crippen LogP contribution in [-0.2, 0) is 0 Å². The molecule has 0 saturated heterocycles. The summed E-state index contributed by atoms with van der Waals surface area (Å²) in [6, 6.07) is 4.31. The van der Waals surface area contributed by atoms with Crippen LogP contribution in [0.15, 0.2) is 24.5 Å². The van der Waals surface area contributed by atoms with Gasteiger partial charge in [0.15, 0.2) is 0 Å². The lowest BCUT2D eigenvalue weighted by atomic mass is 9.99. The van der Waals surface area contributed by atoms with Gasteiger partial charge in [-0.25, -0.2) is 0 Å². The molecular weight excluding hydrogens is 158 g/mol. The van der Waals surface area contributed by atoms with E-state index in [9.17, 15) is 0 Å². The van der Waals surface area contributed by atoms with Crippen LogP contribution in [0.4, 0.5) is 0 Å². The molecule has 2 aromatic rings. The predicted octanol–water partition coefficient (Wildman–Crippen LogP) is 3.16. The summed E-state index contributed by atoms with van der Waals surface area (Å²) < 4.78 is 0. The molecule has 0 aliphatic carbocycles. The van der Waals surface area contributed by atoms with E-state index in [0.717, 1.165) is 0 Å². The SMILES string of the molecule is Cc1cc(C)c2ccncc2c1C. The van der Waals surface area contributed by atoms with Crippen LogP contribution in [0.5, 0.6) is 0 Å². The first kappa shape index (κ1) is 8.24. The van der Waals surface area contributed by atoms with E-state index in [0.29, 0.717) is 0 Å². The Kier molecular flexibility index (Phi) is 1.80. The van der Waals surface area contributed by atoms with Crippen LogP contribution in [0.1, 0.15) is 16.7 Å². The molecule has 0 fully saturated rings. The molecule has 0 bridgehead atoms. The number of nitrogens with zero attached hydrogens (tertiary/aromatic N) is 1. The highest BCUT2D eigenvalue weighted by atomic mass is 14.6. The van der Waals surface area contributed by atoms with Crippen molar-refractivity contribution in [1.29, 1.82) is 0 Å². The second kappa shape index (κ2) is 2.84. The largest absolute Gasteiger partial charge is 0.264 e. The maximum Gasteiger partial charge on any atom is 0.0349 e. The molecule has 1 heteroatoms. The maximum atomic E-state index is 4.16. The van der Waals surface area contributed by atoms with E-state index < -0.39 is 0 Å². The number of hydrogen-bond donors (Lipinski definition) is 0. The molecule has 0 N–H and O–H groups in total. The number of rotatable bonds is 0. The average Bonchev–Trinajstić information content (AvgIpc) is 2.15. The number of fused-ring (bicyclic) bond motifs is 1. The Bertz CT molecular complexity index is 458. The van der Waals surface area contributed by atoms with E-state index in [1.807, 2.05) is 12.4 Å². The fourth-order valence-corrected chi connectivity index (χ4v) is 1.76. The fourth-order valence-electron chi connectivity index (χ4n) is 1.76. The second-order valence-electron chi connectivity index (χ2n) is 3.56. The monoisotopic (exact) mass is 171 g/mol. The molecule has 1 aromatic carbocycles. The summed E-state index contributed by atoms with van der Waals surface area (Å²) in [5.74, 6) is 0. The molecule has 0 saturated carbocycles. The van der Waals surface area contributed by atoms with Gasteiger partial charge in [-0.1, -0.05) is 6.07 Å². The minimum absolute atomic E-state index is 1.28. The highest BCUT2D eigenvalue weighted by Crippen LogP contribution is 2.23. The highest BCUT2D eigenvalue weighted by molar-refractivity contribution is 5.88. The smallest absolute Gasteiger partial charge is 0.0349 e. The van der Waals surface area contributed by atoms with Crippen LogP contribution >= 0.6 is 0 Å². The number of hydrogen-bond acceptors (Lipinski definition) is 1. The van der Waals surface area contributed by atoms with E-state index in [1.165, 1.54) is 27.5 Å². The van der Waals surface area contributed by atoms with Crippen LogP contribution < -0.4 is 0 Å². The second-order valence-corrected chi connectivity index (χ2v) is 3.56. The van der Waals surface area contributed by atoms with Crippen molar-refractivity contribution >= 4 is 10.8 Å². The zero-order valence-corrected chi connectivity index (χ0v) is 8.26. The Morgan fingerprint density at radius 3 is 2.54 bits per heavy atom. The Hall–Kier alpha value is -1.37. The summed E-state index contributed by atoms with van der Waals surface area (Å²) in [6.07, 6.45) is 3.80. The van der Waals surface area contributed by atoms with Gasteiger partial charge in [-0.15, -0.1) is 0 Å². The summed E-state index contributed by atoms with van der Waals surface area (Å²) in [5.41, 5.74) is 4.02. The van der Waals surface area contributed by atoms with E-state index in [-0.39, 0.29) is 0 Å². The first-order valence-corrected chi connectivity index (χ1v) is 4.50. The van der Waals surface area contributed by atoms with Crippen molar-refractivity contribution in [2.24, 2.45) is 0 Å². The van der Waals surface area contributed by atoms with Gasteiger partial charge in [0.05, 0.1) is 0 Å². The highest BCUT2D eigenvalue weighted by Gasteiger charge is 2.02. The molecule has 0 radical (unpaired) electrons. The quantitative estimate of drug-likeness (QED) is 0.593. The van der Waals surface area contributed by atoms with Crippen molar-refractivity contribution in [3.05, 3.63) is 41.2 Å². The third-order valence-corrected chi connectivity index (χ3v) is 2.67. The zero-order valence-electron chi connectivity index (χ0n) is 8.26. The third kappa shape index (κ3) is 1.21. The molecule has 0 spiro atoms. The molecule has 2 rings (SSSR count). The summed E-state index contributed by atoms with van der Waals surface area (Å²) in [6.45, 7) is 6.45. The molecule has 0 atom stereocenters. The molecular formula is C12H13N. The van der Waals surface area contributed by atoms with E-state index in [2.05, 4.69) is 37.9 Å². The van der Waals surface area contributed by atoms with Crippen molar-refractivity contribution < 1.29 is 0 Å². The van der Waals surface area contributed by atoms with Crippen molar-refractivity contribution in [1.82, 2.24) is 4.98 Å². The molecule has 66 valence electrons. The van der Waals surface area contributed by atoms with Crippen LogP contribution in [0.3, 0.4) is 0 Å². The van der Waals surface area contributed by atoms with Crippen molar-refractivity contribution in [3.63, 3.8) is 0 Å². The van der Waals surface area contributed by atoms with Crippen molar-refractivity contribution in [3.8, 4) is 0 Å². The summed E-state index contributed by atoms with van der Waals surface area (Å²) in [5, 5.41) is 2.60. The van der Waals surface area contributed by atoms with Gasteiger partial charge in [0.2, 0.25) is 0 Å². The molecule has 0 amide bonds. The number of aryl methyl sites for hydroxylation is 3. The Morgan fingerprint density at radius 2 is 1.77 bits per heavy atom. The van der Waals surface area contributed by atoms with Gasteiger partial charge in [-0.05, 0) is 48.9 Å². The van der Waals surface area contributed by atoms with Gasteiger partial charge in [-0.2, -0.15) is 0 Å². The van der Waals surface area contributed by atoms with Crippen molar-refractivity contribution in [2.75, 3.05) is 0 Å². The maximum absolute atomic E-state index is 4.16. The van der Waals surface area contributed by atoms with Crippen molar-refractivity contribution in [2.45, 2.75) is 20.8 Å². The topological polar surface area (TPSA) is 12.9 Å². The van der Waals surface area contributed by atoms with Gasteiger partial charge in [0.25, 0.3) is 0 Å². The molecule has 1 heterocycles. The lowest BCUT2D eigenvalue weighted by molar-refractivity contribution is 1.30. The summed E-state index contributed by atoms with van der Waals surface area (Å²) in [7, 11) is 0. The number of aromatic nitrogens is 1. The standard InChI is InChI=1S/C12H13N/c1-8-6-9(2)11-4-5-13-7-12(11)10(8)3/h4-7H,1-3H3. The molecule has 13 heavy (non-hydrogen) atoms. The molecule has 1 nitrogen and oxygen atoms in total. The predicted molar refractivity (Wildman–Crippen MR) is 56.0 cm³/mol. The van der Waals surface area contributed by atoms with Gasteiger partial charge in [0.1, 0.15) is 0 Å². The Morgan fingerprint density at radius 1 is 1.00 bits per heavy atom. The van der Waals surface area contributed by atoms with Crippen LogP contribution in [-0.4, -0.2) is 4.98 Å². The summed E-state index contributed by atoms with van der Waals surface area (Å²) in [4.78, 5) is 4.16. The molecule has 0 aliphatic heterocycles. The first-order valence-electron chi connectivity index (χ1n) is 4.50. The van der Waals surface area contributed by atoms with Gasteiger partial charge < -0.3 is 0 Å². The Labute approximate surface area is 78.4 Å². The lowest BCUT2D eigenvalue weighted by Gasteiger charge is -2.07. The number of benzene rings is 1. The normalized spacial score (nSPS) is 10.7. The zero-order chi connectivity index (χ0) is 9.42. The van der Waals surface area contributed by atoms with Gasteiger partial charge in [-0.3, -0.25) is 4.98 Å². The van der Waals surface area contributed by atoms with Crippen LogP contribution in [0.2, 0.25) is 0 Å². The first-order chi connectivity index (χ1) is 6.20. The molecule has 1 aromatic heterocycles. The van der Waals surface area contributed by atoms with Crippen LogP contribution in [0.25, 0.3) is 10.8 Å². The molecule has 0 unspecified atom stereocenters. The van der Waals surface area contributed by atoms with E-state index in [1.54, 1.807) is 0 Å². The average molecular weight is 171 g/mol. The minimum atomic E-state index is 1.28. The minimum Gasteiger partial charge on any atom is -0.264 e. The van der Waals surface area contributed by atoms with Gasteiger partial charge in [0, 0.05) is 17.8 Å². The summed E-state index contributed by atoms with van der Waals surface area (Å²) >= 11 is 0. The molecule has 0 aliphatic rings. The Balaban J connectivity index is 2.97. The third-order valence-electron chi connectivity index (χ3n) is 2.67. The fraction of sp³-hybridized carbons (Fsp3) is 0.250. The van der Waals surface area contributed by atoms with E-state index >= 15 is 0 Å². The van der Waals surface area contributed by atoms with Crippen LogP contribution in [0, 0.1) is 20.8 Å². The van der Waals surface area contributed by atoms with Gasteiger partial charge >= 0.3 is 0 Å².